The Labute approximate surface area is 106 Å². The van der Waals surface area contributed by atoms with Crippen LogP contribution in [0, 0.1) is 0 Å². The first-order valence-electron chi connectivity index (χ1n) is 3.72. The van der Waals surface area contributed by atoms with Crippen molar-refractivity contribution in [1.82, 2.24) is 0 Å². The van der Waals surface area contributed by atoms with Gasteiger partial charge in [0.1, 0.15) is 0 Å². The van der Waals surface area contributed by atoms with E-state index in [1.54, 1.807) is 0 Å². The molecule has 68 valence electrons. The summed E-state index contributed by atoms with van der Waals surface area (Å²) in [6, 6.07) is 0. The molecule has 0 aromatic heterocycles. The first-order valence-corrected chi connectivity index (χ1v) is 7.95. The molecule has 0 saturated carbocycles. The molecule has 1 unspecified atom stereocenters. The van der Waals surface area contributed by atoms with Crippen molar-refractivity contribution in [3.05, 3.63) is 0 Å². The Morgan fingerprint density at radius 2 is 2.08 bits per heavy atom. The maximum atomic E-state index is 11.2. The predicted octanol–water partition coefficient (Wildman–Crippen LogP) is -0.855. The van der Waals surface area contributed by atoms with Crippen LogP contribution in [0.4, 0.5) is 0 Å². The third-order valence-corrected chi connectivity index (χ3v) is 5.41. The molecule has 2 nitrogen and oxygen atoms in total. The summed E-state index contributed by atoms with van der Waals surface area (Å²) in [4.78, 5) is 11.2. The summed E-state index contributed by atoms with van der Waals surface area (Å²) < 4.78 is 5.04. The second-order valence-electron chi connectivity index (χ2n) is 2.05. The van der Waals surface area contributed by atoms with Gasteiger partial charge in [-0.1, -0.05) is 32.1 Å². The van der Waals surface area contributed by atoms with Crippen LogP contribution in [-0.2, 0) is 16.3 Å². The summed E-state index contributed by atoms with van der Waals surface area (Å²) in [5, 5.41) is 0. The maximum absolute atomic E-state index is 11.2. The fourth-order valence-corrected chi connectivity index (χ4v) is 3.83. The molecule has 0 fully saturated rings. The Bertz CT molecular complexity index is 146. The van der Waals surface area contributed by atoms with Crippen molar-refractivity contribution in [2.75, 3.05) is 12.4 Å². The predicted molar refractivity (Wildman–Crippen MR) is 53.3 cm³/mol. The molecule has 0 N–H and O–H groups in total. The number of unbranched alkanes of at least 4 members (excludes halogenated alkanes) is 1. The molecule has 0 radical (unpaired) electrons. The Morgan fingerprint density at radius 1 is 1.50 bits per heavy atom. The Morgan fingerprint density at radius 3 is 2.50 bits per heavy atom. The summed E-state index contributed by atoms with van der Waals surface area (Å²) >= 11 is 5.98. The molecule has 0 saturated heterocycles. The molecule has 0 rings (SSSR count). The van der Waals surface area contributed by atoms with E-state index in [2.05, 4.69) is 6.92 Å². The summed E-state index contributed by atoms with van der Waals surface area (Å²) in [6.45, 7) is 4.52. The van der Waals surface area contributed by atoms with E-state index in [1.807, 2.05) is 6.92 Å². The molecule has 12 heavy (non-hydrogen) atoms. The average molecular weight is 236 g/mol. The van der Waals surface area contributed by atoms with Gasteiger partial charge in [0, 0.05) is 5.69 Å². The molecule has 0 aliphatic rings. The van der Waals surface area contributed by atoms with Crippen LogP contribution in [0.25, 0.3) is 0 Å². The van der Waals surface area contributed by atoms with Crippen molar-refractivity contribution in [3.8, 4) is 0 Å². The fraction of sp³-hybridized carbons (Fsp3) is 1.00. The van der Waals surface area contributed by atoms with Gasteiger partial charge in [-0.25, -0.2) is 0 Å². The Kier molecular flexibility index (Phi) is 12.9. The van der Waals surface area contributed by atoms with Gasteiger partial charge in [-0.2, -0.15) is 0 Å². The van der Waals surface area contributed by atoms with Crippen LogP contribution in [0.15, 0.2) is 0 Å². The van der Waals surface area contributed by atoms with Crippen molar-refractivity contribution < 1.29 is 39.0 Å². The van der Waals surface area contributed by atoms with Crippen LogP contribution in [0.1, 0.15) is 26.7 Å². The molecule has 0 aliphatic heterocycles. The molecule has 0 heterocycles. The van der Waals surface area contributed by atoms with Crippen LogP contribution in [0.5, 0.6) is 0 Å². The standard InChI is InChI=1S/C6H15O2PS2.Na/c1-3-5-6-8-9(7,10)11-4-2;/h3-6H2,1-2H3,(H,7,10);/q;+1/p-1. The SMILES string of the molecule is CCCCOP([O-])(=S)SCC.[Na+]. The smallest absolute Gasteiger partial charge is 0.793 e. The van der Waals surface area contributed by atoms with E-state index in [9.17, 15) is 4.89 Å². The number of hydrogen-bond donors (Lipinski definition) is 0. The van der Waals surface area contributed by atoms with E-state index in [1.165, 1.54) is 11.4 Å². The maximum Gasteiger partial charge on any atom is 1.00 e. The zero-order chi connectivity index (χ0) is 8.74. The van der Waals surface area contributed by atoms with Crippen LogP contribution in [-0.4, -0.2) is 12.4 Å². The number of hydrogen-bond acceptors (Lipinski definition) is 4. The van der Waals surface area contributed by atoms with Crippen LogP contribution in [0.3, 0.4) is 0 Å². The van der Waals surface area contributed by atoms with Crippen LogP contribution < -0.4 is 34.5 Å². The molecule has 0 spiro atoms. The van der Waals surface area contributed by atoms with E-state index in [4.69, 9.17) is 16.3 Å². The quantitative estimate of drug-likeness (QED) is 0.341. The monoisotopic (exact) mass is 236 g/mol. The van der Waals surface area contributed by atoms with Crippen molar-refractivity contribution in [3.63, 3.8) is 0 Å². The summed E-state index contributed by atoms with van der Waals surface area (Å²) in [5.41, 5.74) is -2.72. The summed E-state index contributed by atoms with van der Waals surface area (Å²) in [6.07, 6.45) is 1.98. The molecule has 6 heteroatoms. The summed E-state index contributed by atoms with van der Waals surface area (Å²) in [7, 11) is 0. The Hall–Kier alpha value is 1.92. The van der Waals surface area contributed by atoms with Gasteiger partial charge >= 0.3 is 29.6 Å². The molecule has 0 amide bonds. The normalized spacial score (nSPS) is 14.9. The second kappa shape index (κ2) is 9.47. The van der Waals surface area contributed by atoms with E-state index >= 15 is 0 Å². The molecular formula is C6H14NaO2PS2. The Balaban J connectivity index is 0. The summed E-state index contributed by atoms with van der Waals surface area (Å²) in [5.74, 6) is 0.757. The van der Waals surface area contributed by atoms with Gasteiger partial charge in [-0.05, 0) is 12.2 Å². The van der Waals surface area contributed by atoms with Gasteiger partial charge in [0.25, 0.3) is 0 Å². The van der Waals surface area contributed by atoms with Gasteiger partial charge < -0.3 is 9.42 Å². The van der Waals surface area contributed by atoms with Crippen molar-refractivity contribution in [1.29, 1.82) is 0 Å². The average Bonchev–Trinajstić information content (AvgIpc) is 1.87. The minimum atomic E-state index is -2.72. The molecule has 0 aromatic rings. The molecule has 0 aliphatic carbocycles. The first kappa shape index (κ1) is 16.4. The van der Waals surface area contributed by atoms with Gasteiger partial charge in [0.15, 0.2) is 0 Å². The van der Waals surface area contributed by atoms with Gasteiger partial charge in [0.05, 0.1) is 6.61 Å². The van der Waals surface area contributed by atoms with E-state index in [0.29, 0.717) is 6.61 Å². The minimum Gasteiger partial charge on any atom is -0.793 e. The molecule has 0 bridgehead atoms. The van der Waals surface area contributed by atoms with Crippen molar-refractivity contribution in [2.24, 2.45) is 0 Å². The molecule has 1 atom stereocenters. The van der Waals surface area contributed by atoms with Crippen molar-refractivity contribution in [2.45, 2.75) is 26.7 Å². The van der Waals surface area contributed by atoms with E-state index in [-0.39, 0.29) is 29.6 Å². The van der Waals surface area contributed by atoms with Gasteiger partial charge in [0.2, 0.25) is 0 Å². The van der Waals surface area contributed by atoms with E-state index < -0.39 is 5.69 Å². The van der Waals surface area contributed by atoms with Crippen LogP contribution >= 0.6 is 17.1 Å². The first-order chi connectivity index (χ1) is 5.12. The number of rotatable bonds is 6. The topological polar surface area (TPSA) is 32.3 Å². The second-order valence-corrected chi connectivity index (χ2v) is 8.39. The minimum absolute atomic E-state index is 0. The fourth-order valence-electron chi connectivity index (χ4n) is 0.516. The molecular weight excluding hydrogens is 222 g/mol. The van der Waals surface area contributed by atoms with Crippen molar-refractivity contribution >= 4 is 28.9 Å². The van der Waals surface area contributed by atoms with Gasteiger partial charge in [-0.15, -0.1) is 11.4 Å². The van der Waals surface area contributed by atoms with Gasteiger partial charge in [-0.3, -0.25) is 0 Å². The van der Waals surface area contributed by atoms with E-state index in [0.717, 1.165) is 18.6 Å². The molecule has 0 aromatic carbocycles. The zero-order valence-electron chi connectivity index (χ0n) is 7.91. The zero-order valence-corrected chi connectivity index (χ0v) is 12.4. The van der Waals surface area contributed by atoms with Crippen LogP contribution in [0.2, 0.25) is 0 Å². The third-order valence-electron chi connectivity index (χ3n) is 1.03. The third kappa shape index (κ3) is 10.0. The largest absolute Gasteiger partial charge is 1.00 e.